The number of carbonyl (C=O) groups excluding carboxylic acids is 2. The summed E-state index contributed by atoms with van der Waals surface area (Å²) < 4.78 is 10.7. The third-order valence-corrected chi connectivity index (χ3v) is 5.14. The Kier molecular flexibility index (Phi) is 9.68. The fourth-order valence-corrected chi connectivity index (χ4v) is 3.27. The molecule has 0 saturated heterocycles. The summed E-state index contributed by atoms with van der Waals surface area (Å²) in [5, 5.41) is 11.8. The Labute approximate surface area is 204 Å². The van der Waals surface area contributed by atoms with Gasteiger partial charge in [0.05, 0.1) is 5.56 Å². The summed E-state index contributed by atoms with van der Waals surface area (Å²) in [5.74, 6) is -1.04. The highest BCUT2D eigenvalue weighted by atomic mass is 16.6. The number of carboxylic acid groups (broad SMARTS) is 1. The molecule has 0 atom stereocenters. The largest absolute Gasteiger partial charge is 0.478 e. The molecule has 3 rings (SSSR count). The van der Waals surface area contributed by atoms with Crippen molar-refractivity contribution in [2.24, 2.45) is 0 Å². The van der Waals surface area contributed by atoms with Crippen LogP contribution in [-0.4, -0.2) is 36.4 Å². The van der Waals surface area contributed by atoms with Crippen LogP contribution in [0.5, 0.6) is 0 Å². The van der Waals surface area contributed by atoms with Crippen molar-refractivity contribution in [3.63, 3.8) is 0 Å². The molecule has 0 aliphatic rings. The Morgan fingerprint density at radius 3 is 1.89 bits per heavy atom. The lowest BCUT2D eigenvalue weighted by molar-refractivity contribution is 0.0696. The summed E-state index contributed by atoms with van der Waals surface area (Å²) in [7, 11) is 0. The molecule has 0 fully saturated rings. The predicted octanol–water partition coefficient (Wildman–Crippen LogP) is 5.23. The second-order valence-electron chi connectivity index (χ2n) is 7.74. The summed E-state index contributed by atoms with van der Waals surface area (Å²) in [5.41, 5.74) is 2.43. The molecule has 0 heterocycles. The van der Waals surface area contributed by atoms with Crippen LogP contribution >= 0.6 is 0 Å². The van der Waals surface area contributed by atoms with E-state index in [0.717, 1.165) is 11.1 Å². The van der Waals surface area contributed by atoms with Crippen LogP contribution in [0.25, 0.3) is 0 Å². The van der Waals surface area contributed by atoms with Crippen molar-refractivity contribution in [2.45, 2.75) is 26.1 Å². The van der Waals surface area contributed by atoms with Gasteiger partial charge in [-0.25, -0.2) is 14.4 Å². The maximum Gasteiger partial charge on any atom is 0.414 e. The zero-order valence-corrected chi connectivity index (χ0v) is 19.3. The molecule has 0 aliphatic heterocycles. The number of nitrogens with one attached hydrogen (secondary N) is 1. The van der Waals surface area contributed by atoms with Gasteiger partial charge in [0.25, 0.3) is 0 Å². The third-order valence-electron chi connectivity index (χ3n) is 5.14. The van der Waals surface area contributed by atoms with E-state index in [1.54, 1.807) is 12.1 Å². The number of anilines is 1. The van der Waals surface area contributed by atoms with Crippen molar-refractivity contribution in [1.82, 2.24) is 5.32 Å². The van der Waals surface area contributed by atoms with Crippen LogP contribution in [0, 0.1) is 0 Å². The molecule has 0 radical (unpaired) electrons. The Balaban J connectivity index is 1.49. The summed E-state index contributed by atoms with van der Waals surface area (Å²) in [6, 6.07) is 24.8. The normalized spacial score (nSPS) is 10.3. The van der Waals surface area contributed by atoms with E-state index in [2.05, 4.69) is 5.32 Å². The van der Waals surface area contributed by atoms with E-state index in [9.17, 15) is 14.4 Å². The minimum absolute atomic E-state index is 0.123. The van der Waals surface area contributed by atoms with Crippen LogP contribution in [-0.2, 0) is 22.7 Å². The van der Waals surface area contributed by atoms with Gasteiger partial charge in [0, 0.05) is 18.8 Å². The molecule has 182 valence electrons. The SMILES string of the molecule is O=C(NCCCCN(C(=O)OCc1ccccc1)c1ccc(C(=O)O)cc1)OCc1ccccc1. The number of hydrogen-bond donors (Lipinski definition) is 2. The minimum Gasteiger partial charge on any atom is -0.478 e. The van der Waals surface area contributed by atoms with Gasteiger partial charge in [0.15, 0.2) is 0 Å². The number of hydrogen-bond acceptors (Lipinski definition) is 5. The summed E-state index contributed by atoms with van der Waals surface area (Å²) >= 11 is 0. The summed E-state index contributed by atoms with van der Waals surface area (Å²) in [6.45, 7) is 1.04. The van der Waals surface area contributed by atoms with Gasteiger partial charge < -0.3 is 19.9 Å². The fraction of sp³-hybridized carbons (Fsp3) is 0.222. The molecule has 0 spiro atoms. The van der Waals surface area contributed by atoms with Gasteiger partial charge >= 0.3 is 18.2 Å². The van der Waals surface area contributed by atoms with Gasteiger partial charge in [0.1, 0.15) is 13.2 Å². The first-order valence-corrected chi connectivity index (χ1v) is 11.3. The minimum atomic E-state index is -1.04. The first kappa shape index (κ1) is 25.3. The zero-order chi connectivity index (χ0) is 24.9. The highest BCUT2D eigenvalue weighted by Crippen LogP contribution is 2.18. The number of ether oxygens (including phenoxy) is 2. The standard InChI is InChI=1S/C27H28N2O6/c30-25(31)23-13-15-24(16-14-23)29(27(33)35-20-22-11-5-2-6-12-22)18-8-7-17-28-26(32)34-19-21-9-3-1-4-10-21/h1-6,9-16H,7-8,17-20H2,(H,28,32)(H,30,31). The maximum absolute atomic E-state index is 12.8. The van der Waals surface area contributed by atoms with Gasteiger partial charge in [-0.05, 0) is 48.2 Å². The second-order valence-corrected chi connectivity index (χ2v) is 7.74. The molecule has 35 heavy (non-hydrogen) atoms. The zero-order valence-electron chi connectivity index (χ0n) is 19.3. The van der Waals surface area contributed by atoms with E-state index < -0.39 is 18.2 Å². The highest BCUT2D eigenvalue weighted by molar-refractivity contribution is 5.90. The second kappa shape index (κ2) is 13.4. The molecule has 0 aromatic heterocycles. The molecule has 2 amide bonds. The molecule has 8 heteroatoms. The Hall–Kier alpha value is -4.33. The van der Waals surface area contributed by atoms with Gasteiger partial charge in [-0.1, -0.05) is 60.7 Å². The van der Waals surface area contributed by atoms with Crippen LogP contribution < -0.4 is 10.2 Å². The van der Waals surface area contributed by atoms with Gasteiger partial charge in [-0.3, -0.25) is 4.90 Å². The molecule has 0 bridgehead atoms. The van der Waals surface area contributed by atoms with Crippen molar-refractivity contribution in [2.75, 3.05) is 18.0 Å². The Morgan fingerprint density at radius 2 is 1.31 bits per heavy atom. The van der Waals surface area contributed by atoms with Crippen molar-refractivity contribution >= 4 is 23.8 Å². The van der Waals surface area contributed by atoms with E-state index in [0.29, 0.717) is 31.6 Å². The molecule has 2 N–H and O–H groups in total. The maximum atomic E-state index is 12.8. The average Bonchev–Trinajstić information content (AvgIpc) is 2.89. The third kappa shape index (κ3) is 8.51. The number of alkyl carbamates (subject to hydrolysis) is 1. The van der Waals surface area contributed by atoms with Crippen LogP contribution in [0.4, 0.5) is 15.3 Å². The Morgan fingerprint density at radius 1 is 0.743 bits per heavy atom. The van der Waals surface area contributed by atoms with Crippen molar-refractivity contribution in [1.29, 1.82) is 0 Å². The van der Waals surface area contributed by atoms with Crippen molar-refractivity contribution in [3.8, 4) is 0 Å². The quantitative estimate of drug-likeness (QED) is 0.367. The summed E-state index contributed by atoms with van der Waals surface area (Å²) in [4.78, 5) is 37.3. The fourth-order valence-electron chi connectivity index (χ4n) is 3.27. The molecule has 3 aromatic carbocycles. The molecular formula is C27H28N2O6. The number of nitrogens with zero attached hydrogens (tertiary/aromatic N) is 1. The molecule has 0 unspecified atom stereocenters. The number of carboxylic acids is 1. The van der Waals surface area contributed by atoms with Crippen molar-refractivity contribution < 1.29 is 29.0 Å². The molecule has 0 aliphatic carbocycles. The number of rotatable bonds is 11. The highest BCUT2D eigenvalue weighted by Gasteiger charge is 2.18. The van der Waals surface area contributed by atoms with Crippen molar-refractivity contribution in [3.05, 3.63) is 102 Å². The van der Waals surface area contributed by atoms with Crippen LogP contribution in [0.15, 0.2) is 84.9 Å². The van der Waals surface area contributed by atoms with Gasteiger partial charge in [-0.15, -0.1) is 0 Å². The van der Waals surface area contributed by atoms with E-state index in [1.807, 2.05) is 60.7 Å². The lowest BCUT2D eigenvalue weighted by Crippen LogP contribution is -2.33. The van der Waals surface area contributed by atoms with Crippen LogP contribution in [0.2, 0.25) is 0 Å². The topological polar surface area (TPSA) is 105 Å². The number of benzene rings is 3. The molecular weight excluding hydrogens is 448 g/mol. The number of unbranched alkanes of at least 4 members (excludes halogenated alkanes) is 1. The predicted molar refractivity (Wildman–Crippen MR) is 131 cm³/mol. The first-order chi connectivity index (χ1) is 17.0. The summed E-state index contributed by atoms with van der Waals surface area (Å²) in [6.07, 6.45) is 0.153. The van der Waals surface area contributed by atoms with Gasteiger partial charge in [-0.2, -0.15) is 0 Å². The van der Waals surface area contributed by atoms with Crippen LogP contribution in [0.1, 0.15) is 34.3 Å². The molecule has 3 aromatic rings. The van der Waals surface area contributed by atoms with Crippen LogP contribution in [0.3, 0.4) is 0 Å². The first-order valence-electron chi connectivity index (χ1n) is 11.3. The van der Waals surface area contributed by atoms with E-state index >= 15 is 0 Å². The van der Waals surface area contributed by atoms with Gasteiger partial charge in [0.2, 0.25) is 0 Å². The van der Waals surface area contributed by atoms with E-state index in [-0.39, 0.29) is 18.8 Å². The number of amides is 2. The van der Waals surface area contributed by atoms with E-state index in [1.165, 1.54) is 17.0 Å². The molecule has 8 nitrogen and oxygen atoms in total. The Bertz CT molecular complexity index is 1090. The smallest absolute Gasteiger partial charge is 0.414 e. The monoisotopic (exact) mass is 476 g/mol. The average molecular weight is 477 g/mol. The lowest BCUT2D eigenvalue weighted by Gasteiger charge is -2.22. The number of carbonyl (C=O) groups is 3. The number of aromatic carboxylic acids is 1. The van der Waals surface area contributed by atoms with E-state index in [4.69, 9.17) is 14.6 Å². The lowest BCUT2D eigenvalue weighted by atomic mass is 10.2. The molecule has 0 saturated carbocycles.